The summed E-state index contributed by atoms with van der Waals surface area (Å²) in [5, 5.41) is 7.78. The molecule has 0 spiro atoms. The number of hydrogen-bond donors (Lipinski definition) is 2. The van der Waals surface area contributed by atoms with Crippen molar-refractivity contribution in [2.45, 2.75) is 17.9 Å². The van der Waals surface area contributed by atoms with Crippen molar-refractivity contribution in [1.29, 1.82) is 0 Å². The molecule has 0 unspecified atom stereocenters. The molecule has 0 aliphatic carbocycles. The predicted molar refractivity (Wildman–Crippen MR) is 75.7 cm³/mol. The Hall–Kier alpha value is -2.32. The molecule has 1 amide bonds. The average Bonchev–Trinajstić information content (AvgIpc) is 2.47. The Morgan fingerprint density at radius 2 is 1.90 bits per heavy atom. The van der Waals surface area contributed by atoms with Crippen LogP contribution in [0.2, 0.25) is 0 Å². The third-order valence-electron chi connectivity index (χ3n) is 2.85. The fourth-order valence-corrected chi connectivity index (χ4v) is 2.23. The first-order valence-electron chi connectivity index (χ1n) is 6.07. The van der Waals surface area contributed by atoms with E-state index in [9.17, 15) is 13.2 Å². The number of aromatic nitrogens is 2. The molecule has 110 valence electrons. The number of nitrogens with one attached hydrogen (secondary N) is 1. The SMILES string of the molecule is C[C@H](NC(=O)c1cnccn1)c1ccc(S(N)(=O)=O)cc1. The van der Waals surface area contributed by atoms with Crippen LogP contribution in [0.15, 0.2) is 47.8 Å². The van der Waals surface area contributed by atoms with Gasteiger partial charge in [-0.15, -0.1) is 0 Å². The molecule has 0 bridgehead atoms. The van der Waals surface area contributed by atoms with Crippen LogP contribution in [0.3, 0.4) is 0 Å². The summed E-state index contributed by atoms with van der Waals surface area (Å²) in [5.41, 5.74) is 0.963. The Labute approximate surface area is 122 Å². The topological polar surface area (TPSA) is 115 Å². The van der Waals surface area contributed by atoms with Crippen molar-refractivity contribution in [3.8, 4) is 0 Å². The van der Waals surface area contributed by atoms with Gasteiger partial charge < -0.3 is 5.32 Å². The van der Waals surface area contributed by atoms with Gasteiger partial charge in [0.1, 0.15) is 5.69 Å². The molecule has 0 saturated heterocycles. The van der Waals surface area contributed by atoms with Gasteiger partial charge in [-0.05, 0) is 24.6 Å². The van der Waals surface area contributed by atoms with E-state index >= 15 is 0 Å². The van der Waals surface area contributed by atoms with Crippen LogP contribution in [0.1, 0.15) is 29.0 Å². The van der Waals surface area contributed by atoms with Crippen molar-refractivity contribution in [2.24, 2.45) is 5.14 Å². The highest BCUT2D eigenvalue weighted by molar-refractivity contribution is 7.89. The zero-order chi connectivity index (χ0) is 15.5. The third-order valence-corrected chi connectivity index (χ3v) is 3.78. The van der Waals surface area contributed by atoms with E-state index in [0.717, 1.165) is 5.56 Å². The number of carbonyl (C=O) groups excluding carboxylic acids is 1. The summed E-state index contributed by atoms with van der Waals surface area (Å²) in [6, 6.07) is 5.68. The van der Waals surface area contributed by atoms with Gasteiger partial charge in [0.2, 0.25) is 10.0 Å². The summed E-state index contributed by atoms with van der Waals surface area (Å²) in [7, 11) is -3.72. The Morgan fingerprint density at radius 1 is 1.24 bits per heavy atom. The van der Waals surface area contributed by atoms with E-state index in [1.165, 1.54) is 30.7 Å². The predicted octanol–water partition coefficient (Wildman–Crippen LogP) is 0.615. The lowest BCUT2D eigenvalue weighted by Gasteiger charge is -2.14. The molecule has 1 heterocycles. The highest BCUT2D eigenvalue weighted by atomic mass is 32.2. The second-order valence-corrected chi connectivity index (χ2v) is 5.96. The van der Waals surface area contributed by atoms with Crippen molar-refractivity contribution >= 4 is 15.9 Å². The van der Waals surface area contributed by atoms with Crippen LogP contribution in [0.25, 0.3) is 0 Å². The van der Waals surface area contributed by atoms with E-state index in [1.54, 1.807) is 19.1 Å². The molecular weight excluding hydrogens is 292 g/mol. The molecule has 3 N–H and O–H groups in total. The first-order chi connectivity index (χ1) is 9.88. The van der Waals surface area contributed by atoms with Gasteiger partial charge in [0.25, 0.3) is 5.91 Å². The van der Waals surface area contributed by atoms with E-state index in [2.05, 4.69) is 15.3 Å². The molecule has 0 radical (unpaired) electrons. The molecule has 0 aliphatic heterocycles. The molecular formula is C13H14N4O3S. The smallest absolute Gasteiger partial charge is 0.271 e. The number of benzene rings is 1. The second-order valence-electron chi connectivity index (χ2n) is 4.40. The largest absolute Gasteiger partial charge is 0.344 e. The molecule has 0 aliphatic rings. The molecule has 1 aromatic heterocycles. The van der Waals surface area contributed by atoms with Crippen LogP contribution in [0.4, 0.5) is 0 Å². The molecule has 2 rings (SSSR count). The summed E-state index contributed by atoms with van der Waals surface area (Å²) in [4.78, 5) is 19.7. The number of nitrogens with two attached hydrogens (primary N) is 1. The van der Waals surface area contributed by atoms with Crippen LogP contribution >= 0.6 is 0 Å². The van der Waals surface area contributed by atoms with Crippen LogP contribution < -0.4 is 10.5 Å². The number of primary sulfonamides is 1. The van der Waals surface area contributed by atoms with E-state index in [4.69, 9.17) is 5.14 Å². The zero-order valence-corrected chi connectivity index (χ0v) is 12.0. The van der Waals surface area contributed by atoms with E-state index < -0.39 is 10.0 Å². The maximum Gasteiger partial charge on any atom is 0.271 e. The quantitative estimate of drug-likeness (QED) is 0.859. The van der Waals surface area contributed by atoms with Gasteiger partial charge in [0, 0.05) is 12.4 Å². The summed E-state index contributed by atoms with van der Waals surface area (Å²) in [6.07, 6.45) is 4.28. The van der Waals surface area contributed by atoms with Gasteiger partial charge in [0.15, 0.2) is 0 Å². The maximum atomic E-state index is 11.9. The first kappa shape index (κ1) is 15.1. The standard InChI is InChI=1S/C13H14N4O3S/c1-9(17-13(18)12-8-15-6-7-16-12)10-2-4-11(5-3-10)21(14,19)20/h2-9H,1H3,(H,17,18)(H2,14,19,20)/t9-/m0/s1. The van der Waals surface area contributed by atoms with Crippen molar-refractivity contribution in [2.75, 3.05) is 0 Å². The van der Waals surface area contributed by atoms with Gasteiger partial charge in [-0.3, -0.25) is 9.78 Å². The Bertz CT molecular complexity index is 730. The van der Waals surface area contributed by atoms with Crippen molar-refractivity contribution in [1.82, 2.24) is 15.3 Å². The third kappa shape index (κ3) is 3.83. The lowest BCUT2D eigenvalue weighted by molar-refractivity contribution is 0.0934. The highest BCUT2D eigenvalue weighted by Crippen LogP contribution is 2.15. The molecule has 7 nitrogen and oxygen atoms in total. The summed E-state index contributed by atoms with van der Waals surface area (Å²) >= 11 is 0. The molecule has 1 atom stereocenters. The molecule has 0 fully saturated rings. The van der Waals surface area contributed by atoms with Crippen LogP contribution in [-0.4, -0.2) is 24.3 Å². The molecule has 1 aromatic carbocycles. The maximum absolute atomic E-state index is 11.9. The molecule has 0 saturated carbocycles. The van der Waals surface area contributed by atoms with Gasteiger partial charge in [0.05, 0.1) is 17.1 Å². The van der Waals surface area contributed by atoms with E-state index in [-0.39, 0.29) is 22.5 Å². The number of sulfonamides is 1. The van der Waals surface area contributed by atoms with E-state index in [1.807, 2.05) is 0 Å². The monoisotopic (exact) mass is 306 g/mol. The van der Waals surface area contributed by atoms with Gasteiger partial charge in [-0.2, -0.15) is 0 Å². The summed E-state index contributed by atoms with van der Waals surface area (Å²) < 4.78 is 22.3. The van der Waals surface area contributed by atoms with Crippen molar-refractivity contribution in [3.63, 3.8) is 0 Å². The minimum atomic E-state index is -3.72. The Morgan fingerprint density at radius 3 is 2.43 bits per heavy atom. The van der Waals surface area contributed by atoms with Crippen LogP contribution in [0, 0.1) is 0 Å². The number of carbonyl (C=O) groups is 1. The van der Waals surface area contributed by atoms with Crippen LogP contribution in [0.5, 0.6) is 0 Å². The second kappa shape index (κ2) is 5.98. The van der Waals surface area contributed by atoms with E-state index in [0.29, 0.717) is 0 Å². The fourth-order valence-electron chi connectivity index (χ4n) is 1.72. The Balaban J connectivity index is 2.10. The zero-order valence-electron chi connectivity index (χ0n) is 11.2. The molecule has 21 heavy (non-hydrogen) atoms. The van der Waals surface area contributed by atoms with Gasteiger partial charge >= 0.3 is 0 Å². The van der Waals surface area contributed by atoms with Crippen LogP contribution in [-0.2, 0) is 10.0 Å². The first-order valence-corrected chi connectivity index (χ1v) is 7.62. The number of amides is 1. The Kier molecular flexibility index (Phi) is 4.29. The lowest BCUT2D eigenvalue weighted by Crippen LogP contribution is -2.27. The average molecular weight is 306 g/mol. The molecule has 8 heteroatoms. The van der Waals surface area contributed by atoms with Crippen molar-refractivity contribution in [3.05, 3.63) is 54.1 Å². The summed E-state index contributed by atoms with van der Waals surface area (Å²) in [5.74, 6) is -0.355. The van der Waals surface area contributed by atoms with Gasteiger partial charge in [-0.25, -0.2) is 18.5 Å². The summed E-state index contributed by atoms with van der Waals surface area (Å²) in [6.45, 7) is 1.78. The molecule has 2 aromatic rings. The normalized spacial score (nSPS) is 12.7. The fraction of sp³-hybridized carbons (Fsp3) is 0.154. The van der Waals surface area contributed by atoms with Crippen molar-refractivity contribution < 1.29 is 13.2 Å². The number of nitrogens with zero attached hydrogens (tertiary/aromatic N) is 2. The number of rotatable bonds is 4. The lowest BCUT2D eigenvalue weighted by atomic mass is 10.1. The minimum Gasteiger partial charge on any atom is -0.344 e. The number of hydrogen-bond acceptors (Lipinski definition) is 5. The highest BCUT2D eigenvalue weighted by Gasteiger charge is 2.14. The minimum absolute atomic E-state index is 0.0266. The van der Waals surface area contributed by atoms with Gasteiger partial charge in [-0.1, -0.05) is 12.1 Å².